The molecule has 0 aliphatic rings. The first-order valence-corrected chi connectivity index (χ1v) is 9.80. The van der Waals surface area contributed by atoms with E-state index in [-0.39, 0.29) is 17.2 Å². The normalized spacial score (nSPS) is 12.6. The van der Waals surface area contributed by atoms with Crippen LogP contribution in [0.1, 0.15) is 13.8 Å². The SMILES string of the molecule is COc1ccc(OC[C@@H](C)NC(=O)[C@@H](C)Sc2ccc(OC)c(OC)c2)cc1. The molecule has 0 aliphatic heterocycles. The third kappa shape index (κ3) is 6.27. The van der Waals surface area contributed by atoms with Crippen LogP contribution in [0.15, 0.2) is 47.4 Å². The number of thioether (sulfide) groups is 1. The van der Waals surface area contributed by atoms with Gasteiger partial charge in [0.1, 0.15) is 18.1 Å². The summed E-state index contributed by atoms with van der Waals surface area (Å²) in [4.78, 5) is 13.4. The first-order valence-electron chi connectivity index (χ1n) is 8.92. The zero-order valence-electron chi connectivity index (χ0n) is 16.9. The van der Waals surface area contributed by atoms with E-state index >= 15 is 0 Å². The van der Waals surface area contributed by atoms with Crippen molar-refractivity contribution in [1.82, 2.24) is 5.32 Å². The quantitative estimate of drug-likeness (QED) is 0.607. The molecular formula is C21H27NO5S. The van der Waals surface area contributed by atoms with Crippen LogP contribution in [0.3, 0.4) is 0 Å². The number of carbonyl (C=O) groups excluding carboxylic acids is 1. The Morgan fingerprint density at radius 3 is 2.18 bits per heavy atom. The molecule has 28 heavy (non-hydrogen) atoms. The van der Waals surface area contributed by atoms with Gasteiger partial charge in [-0.2, -0.15) is 0 Å². The number of benzene rings is 2. The van der Waals surface area contributed by atoms with E-state index < -0.39 is 0 Å². The van der Waals surface area contributed by atoms with Crippen molar-refractivity contribution in [2.24, 2.45) is 0 Å². The van der Waals surface area contributed by atoms with Crippen molar-refractivity contribution < 1.29 is 23.7 Å². The van der Waals surface area contributed by atoms with Gasteiger partial charge in [0.2, 0.25) is 5.91 Å². The lowest BCUT2D eigenvalue weighted by atomic mass is 10.3. The maximum Gasteiger partial charge on any atom is 0.233 e. The Bertz CT molecular complexity index is 766. The van der Waals surface area contributed by atoms with E-state index in [2.05, 4.69) is 5.32 Å². The molecular weight excluding hydrogens is 378 g/mol. The highest BCUT2D eigenvalue weighted by atomic mass is 32.2. The van der Waals surface area contributed by atoms with Crippen LogP contribution in [0.5, 0.6) is 23.0 Å². The molecule has 0 heterocycles. The summed E-state index contributed by atoms with van der Waals surface area (Å²) in [5, 5.41) is 2.72. The molecule has 1 amide bonds. The number of hydrogen-bond acceptors (Lipinski definition) is 6. The number of nitrogens with one attached hydrogen (secondary N) is 1. The Morgan fingerprint density at radius 2 is 1.57 bits per heavy atom. The predicted octanol–water partition coefficient (Wildman–Crippen LogP) is 3.78. The van der Waals surface area contributed by atoms with E-state index in [1.54, 1.807) is 21.3 Å². The van der Waals surface area contributed by atoms with Crippen molar-refractivity contribution >= 4 is 17.7 Å². The smallest absolute Gasteiger partial charge is 0.233 e. The Kier molecular flexibility index (Phi) is 8.32. The molecule has 7 heteroatoms. The van der Waals surface area contributed by atoms with Gasteiger partial charge in [0.05, 0.1) is 32.6 Å². The van der Waals surface area contributed by atoms with Crippen molar-refractivity contribution in [2.75, 3.05) is 27.9 Å². The van der Waals surface area contributed by atoms with Gasteiger partial charge in [-0.3, -0.25) is 4.79 Å². The van der Waals surface area contributed by atoms with Crippen molar-refractivity contribution in [3.8, 4) is 23.0 Å². The van der Waals surface area contributed by atoms with Crippen LogP contribution in [-0.2, 0) is 4.79 Å². The Morgan fingerprint density at radius 1 is 0.929 bits per heavy atom. The minimum Gasteiger partial charge on any atom is -0.497 e. The molecule has 2 aromatic carbocycles. The molecule has 0 aliphatic carbocycles. The van der Waals surface area contributed by atoms with E-state index in [4.69, 9.17) is 18.9 Å². The fourth-order valence-corrected chi connectivity index (χ4v) is 3.35. The zero-order valence-corrected chi connectivity index (χ0v) is 17.7. The number of hydrogen-bond donors (Lipinski definition) is 1. The molecule has 2 atom stereocenters. The topological polar surface area (TPSA) is 66.0 Å². The van der Waals surface area contributed by atoms with Crippen LogP contribution in [0, 0.1) is 0 Å². The molecule has 0 unspecified atom stereocenters. The first kappa shape index (κ1) is 21.8. The molecule has 152 valence electrons. The summed E-state index contributed by atoms with van der Waals surface area (Å²) in [5.41, 5.74) is 0. The van der Waals surface area contributed by atoms with Gasteiger partial charge >= 0.3 is 0 Å². The molecule has 2 rings (SSSR count). The van der Waals surface area contributed by atoms with Gasteiger partial charge in [-0.25, -0.2) is 0 Å². The molecule has 0 aromatic heterocycles. The lowest BCUT2D eigenvalue weighted by Crippen LogP contribution is -2.40. The van der Waals surface area contributed by atoms with Crippen molar-refractivity contribution in [3.63, 3.8) is 0 Å². The van der Waals surface area contributed by atoms with Crippen LogP contribution < -0.4 is 24.3 Å². The van der Waals surface area contributed by atoms with Gasteiger partial charge in [0.15, 0.2) is 11.5 Å². The fourth-order valence-electron chi connectivity index (χ4n) is 2.44. The average Bonchev–Trinajstić information content (AvgIpc) is 2.72. The highest BCUT2D eigenvalue weighted by Crippen LogP contribution is 2.33. The van der Waals surface area contributed by atoms with Crippen LogP contribution in [0.25, 0.3) is 0 Å². The Hall–Kier alpha value is -2.54. The summed E-state index contributed by atoms with van der Waals surface area (Å²) in [6, 6.07) is 12.8. The van der Waals surface area contributed by atoms with E-state index in [1.807, 2.05) is 56.3 Å². The zero-order chi connectivity index (χ0) is 20.5. The molecule has 0 saturated carbocycles. The third-order valence-corrected chi connectivity index (χ3v) is 5.08. The van der Waals surface area contributed by atoms with Gasteiger partial charge in [-0.1, -0.05) is 0 Å². The monoisotopic (exact) mass is 405 g/mol. The van der Waals surface area contributed by atoms with Crippen molar-refractivity contribution in [3.05, 3.63) is 42.5 Å². The molecule has 0 radical (unpaired) electrons. The van der Waals surface area contributed by atoms with Gasteiger partial charge in [-0.05, 0) is 56.3 Å². The van der Waals surface area contributed by atoms with E-state index in [1.165, 1.54) is 11.8 Å². The van der Waals surface area contributed by atoms with Crippen LogP contribution >= 0.6 is 11.8 Å². The maximum absolute atomic E-state index is 12.5. The van der Waals surface area contributed by atoms with Gasteiger partial charge in [0, 0.05) is 4.90 Å². The minimum absolute atomic E-state index is 0.0504. The largest absolute Gasteiger partial charge is 0.497 e. The summed E-state index contributed by atoms with van der Waals surface area (Å²) in [5.74, 6) is 2.75. The summed E-state index contributed by atoms with van der Waals surface area (Å²) in [7, 11) is 4.80. The molecule has 1 N–H and O–H groups in total. The number of methoxy groups -OCH3 is 3. The number of ether oxygens (including phenoxy) is 4. The predicted molar refractivity (Wildman–Crippen MR) is 111 cm³/mol. The lowest BCUT2D eigenvalue weighted by Gasteiger charge is -2.18. The summed E-state index contributed by atoms with van der Waals surface area (Å²) in [6.07, 6.45) is 0. The maximum atomic E-state index is 12.5. The number of carbonyl (C=O) groups is 1. The van der Waals surface area contributed by atoms with Crippen LogP contribution in [-0.4, -0.2) is 45.1 Å². The highest BCUT2D eigenvalue weighted by molar-refractivity contribution is 8.00. The fraction of sp³-hybridized carbons (Fsp3) is 0.381. The first-order chi connectivity index (χ1) is 13.5. The average molecular weight is 406 g/mol. The van der Waals surface area contributed by atoms with Crippen molar-refractivity contribution in [1.29, 1.82) is 0 Å². The lowest BCUT2D eigenvalue weighted by molar-refractivity contribution is -0.121. The Balaban J connectivity index is 1.83. The van der Waals surface area contributed by atoms with Crippen LogP contribution in [0.4, 0.5) is 0 Å². The molecule has 0 bridgehead atoms. The second-order valence-electron chi connectivity index (χ2n) is 6.17. The summed E-state index contributed by atoms with van der Waals surface area (Å²) in [6.45, 7) is 4.16. The van der Waals surface area contributed by atoms with E-state index in [9.17, 15) is 4.79 Å². The molecule has 0 fully saturated rings. The molecule has 6 nitrogen and oxygen atoms in total. The minimum atomic E-state index is -0.262. The van der Waals surface area contributed by atoms with E-state index in [0.29, 0.717) is 18.1 Å². The third-order valence-electron chi connectivity index (χ3n) is 3.99. The Labute approximate surface area is 170 Å². The van der Waals surface area contributed by atoms with Gasteiger partial charge < -0.3 is 24.3 Å². The summed E-state index contributed by atoms with van der Waals surface area (Å²) >= 11 is 1.46. The van der Waals surface area contributed by atoms with E-state index in [0.717, 1.165) is 16.4 Å². The highest BCUT2D eigenvalue weighted by Gasteiger charge is 2.18. The number of rotatable bonds is 10. The second kappa shape index (κ2) is 10.7. The summed E-state index contributed by atoms with van der Waals surface area (Å²) < 4.78 is 21.4. The standard InChI is InChI=1S/C21H27NO5S/c1-14(13-27-17-8-6-16(24-3)7-9-17)22-21(23)15(2)28-18-10-11-19(25-4)20(12-18)26-5/h6-12,14-15H,13H2,1-5H3,(H,22,23)/t14-,15-/m1/s1. The molecule has 2 aromatic rings. The van der Waals surface area contributed by atoms with Crippen molar-refractivity contribution in [2.45, 2.75) is 30.0 Å². The van der Waals surface area contributed by atoms with Crippen LogP contribution in [0.2, 0.25) is 0 Å². The molecule has 0 saturated heterocycles. The van der Waals surface area contributed by atoms with Gasteiger partial charge in [0.25, 0.3) is 0 Å². The second-order valence-corrected chi connectivity index (χ2v) is 7.59. The number of amides is 1. The molecule has 0 spiro atoms. The van der Waals surface area contributed by atoms with Gasteiger partial charge in [-0.15, -0.1) is 11.8 Å².